The van der Waals surface area contributed by atoms with Crippen LogP contribution in [0.4, 0.5) is 5.69 Å². The lowest BCUT2D eigenvalue weighted by molar-refractivity contribution is -0.120. The molecule has 8 heteroatoms. The third-order valence-corrected chi connectivity index (χ3v) is 3.95. The maximum atomic E-state index is 12.1. The second kappa shape index (κ2) is 8.13. The van der Waals surface area contributed by atoms with Gasteiger partial charge < -0.3 is 5.32 Å². The highest BCUT2D eigenvalue weighted by Gasteiger charge is 2.08. The number of aromatic nitrogens is 3. The largest absolute Gasteiger partial charge is 0.376 e. The van der Waals surface area contributed by atoms with Crippen molar-refractivity contribution in [3.05, 3.63) is 71.8 Å². The zero-order valence-electron chi connectivity index (χ0n) is 15.1. The normalized spacial score (nSPS) is 10.3. The lowest BCUT2D eigenvalue weighted by atomic mass is 10.1. The molecule has 27 heavy (non-hydrogen) atoms. The van der Waals surface area contributed by atoms with Gasteiger partial charge in [0.1, 0.15) is 12.7 Å². The first-order chi connectivity index (χ1) is 13.0. The molecule has 3 N–H and O–H groups in total. The summed E-state index contributed by atoms with van der Waals surface area (Å²) in [4.78, 5) is 27.9. The molecule has 0 saturated heterocycles. The van der Waals surface area contributed by atoms with Gasteiger partial charge in [0.15, 0.2) is 0 Å². The van der Waals surface area contributed by atoms with Crippen molar-refractivity contribution < 1.29 is 9.59 Å². The first-order valence-electron chi connectivity index (χ1n) is 8.38. The second-order valence-electron chi connectivity index (χ2n) is 6.06. The summed E-state index contributed by atoms with van der Waals surface area (Å²) in [6.07, 6.45) is 3.00. The van der Waals surface area contributed by atoms with Gasteiger partial charge in [0.05, 0.1) is 12.2 Å². The first kappa shape index (κ1) is 18.1. The average molecular weight is 364 g/mol. The Morgan fingerprint density at radius 3 is 2.48 bits per heavy atom. The molecule has 0 aliphatic carbocycles. The van der Waals surface area contributed by atoms with Gasteiger partial charge in [-0.25, -0.2) is 9.67 Å². The van der Waals surface area contributed by atoms with E-state index in [1.807, 2.05) is 32.0 Å². The highest BCUT2D eigenvalue weighted by Crippen LogP contribution is 2.15. The van der Waals surface area contributed by atoms with Crippen LogP contribution < -0.4 is 16.2 Å². The van der Waals surface area contributed by atoms with Crippen LogP contribution in [-0.2, 0) is 4.79 Å². The van der Waals surface area contributed by atoms with E-state index in [4.69, 9.17) is 0 Å². The van der Waals surface area contributed by atoms with Crippen LogP contribution in [0, 0.1) is 13.8 Å². The van der Waals surface area contributed by atoms with Gasteiger partial charge in [0.2, 0.25) is 0 Å². The maximum Gasteiger partial charge on any atom is 0.269 e. The molecule has 0 atom stereocenters. The zero-order valence-corrected chi connectivity index (χ0v) is 15.1. The van der Waals surface area contributed by atoms with E-state index in [1.54, 1.807) is 35.3 Å². The number of amides is 2. The SMILES string of the molecule is Cc1ccc(NCC(=O)NNC(=O)c2ccc(-n3cncn3)cc2)c(C)c1. The number of benzene rings is 2. The van der Waals surface area contributed by atoms with Crippen molar-refractivity contribution in [1.82, 2.24) is 25.6 Å². The molecule has 2 amide bonds. The molecular formula is C19H20N6O2. The number of carbonyl (C=O) groups is 2. The van der Waals surface area contributed by atoms with Gasteiger partial charge in [-0.1, -0.05) is 17.7 Å². The Hall–Kier alpha value is -3.68. The number of hydrogen-bond donors (Lipinski definition) is 3. The highest BCUT2D eigenvalue weighted by molar-refractivity contribution is 5.95. The number of rotatable bonds is 5. The second-order valence-corrected chi connectivity index (χ2v) is 6.06. The predicted octanol–water partition coefficient (Wildman–Crippen LogP) is 1.76. The molecule has 2 aromatic carbocycles. The smallest absolute Gasteiger partial charge is 0.269 e. The molecule has 1 heterocycles. The Bertz CT molecular complexity index is 935. The topological polar surface area (TPSA) is 101 Å². The van der Waals surface area contributed by atoms with Crippen LogP contribution in [0.15, 0.2) is 55.1 Å². The molecule has 3 aromatic rings. The van der Waals surface area contributed by atoms with E-state index >= 15 is 0 Å². The molecule has 0 fully saturated rings. The van der Waals surface area contributed by atoms with Crippen molar-refractivity contribution >= 4 is 17.5 Å². The van der Waals surface area contributed by atoms with Crippen LogP contribution in [0.3, 0.4) is 0 Å². The first-order valence-corrected chi connectivity index (χ1v) is 8.38. The third kappa shape index (κ3) is 4.69. The van der Waals surface area contributed by atoms with Crippen molar-refractivity contribution in [3.8, 4) is 5.69 Å². The molecule has 1 aromatic heterocycles. The summed E-state index contributed by atoms with van der Waals surface area (Å²) in [5.74, 6) is -0.748. The molecular weight excluding hydrogens is 344 g/mol. The fourth-order valence-corrected chi connectivity index (χ4v) is 2.54. The van der Waals surface area contributed by atoms with Crippen LogP contribution in [0.25, 0.3) is 5.69 Å². The summed E-state index contributed by atoms with van der Waals surface area (Å²) in [7, 11) is 0. The van der Waals surface area contributed by atoms with Crippen molar-refractivity contribution in [2.24, 2.45) is 0 Å². The summed E-state index contributed by atoms with van der Waals surface area (Å²) in [5.41, 5.74) is 9.09. The molecule has 0 saturated carbocycles. The lowest BCUT2D eigenvalue weighted by Gasteiger charge is -2.11. The summed E-state index contributed by atoms with van der Waals surface area (Å²) < 4.78 is 1.59. The molecule has 0 spiro atoms. The molecule has 0 aliphatic heterocycles. The minimum Gasteiger partial charge on any atom is -0.376 e. The van der Waals surface area contributed by atoms with Crippen LogP contribution in [0.2, 0.25) is 0 Å². The van der Waals surface area contributed by atoms with Crippen LogP contribution in [0.1, 0.15) is 21.5 Å². The molecule has 138 valence electrons. The number of hydrazine groups is 1. The van der Waals surface area contributed by atoms with E-state index in [0.717, 1.165) is 22.5 Å². The number of nitrogens with zero attached hydrogens (tertiary/aromatic N) is 3. The van der Waals surface area contributed by atoms with Gasteiger partial charge in [-0.2, -0.15) is 5.10 Å². The summed E-state index contributed by atoms with van der Waals surface area (Å²) >= 11 is 0. The van der Waals surface area contributed by atoms with Crippen molar-refractivity contribution in [3.63, 3.8) is 0 Å². The molecule has 3 rings (SSSR count). The van der Waals surface area contributed by atoms with Crippen molar-refractivity contribution in [2.45, 2.75) is 13.8 Å². The zero-order chi connectivity index (χ0) is 19.2. The molecule has 8 nitrogen and oxygen atoms in total. The number of aryl methyl sites for hydroxylation is 2. The van der Waals surface area contributed by atoms with Crippen molar-refractivity contribution in [1.29, 1.82) is 0 Å². The minimum absolute atomic E-state index is 0.0510. The predicted molar refractivity (Wildman–Crippen MR) is 101 cm³/mol. The van der Waals surface area contributed by atoms with Gasteiger partial charge in [-0.15, -0.1) is 0 Å². The summed E-state index contributed by atoms with van der Waals surface area (Å²) in [6.45, 7) is 4.03. The molecule has 0 aliphatic rings. The Kier molecular flexibility index (Phi) is 5.46. The van der Waals surface area contributed by atoms with E-state index in [2.05, 4.69) is 26.3 Å². The monoisotopic (exact) mass is 364 g/mol. The lowest BCUT2D eigenvalue weighted by Crippen LogP contribution is -2.44. The van der Waals surface area contributed by atoms with Gasteiger partial charge in [0.25, 0.3) is 11.8 Å². The third-order valence-electron chi connectivity index (χ3n) is 3.95. The maximum absolute atomic E-state index is 12.1. The molecule has 0 radical (unpaired) electrons. The molecule has 0 bridgehead atoms. The molecule has 0 unspecified atom stereocenters. The van der Waals surface area contributed by atoms with Crippen LogP contribution in [-0.4, -0.2) is 33.1 Å². The number of nitrogens with one attached hydrogen (secondary N) is 3. The fourth-order valence-electron chi connectivity index (χ4n) is 2.54. The van der Waals surface area contributed by atoms with Crippen LogP contribution in [0.5, 0.6) is 0 Å². The van der Waals surface area contributed by atoms with E-state index in [9.17, 15) is 9.59 Å². The fraction of sp³-hybridized carbons (Fsp3) is 0.158. The summed E-state index contributed by atoms with van der Waals surface area (Å²) in [6, 6.07) is 12.7. The van der Waals surface area contributed by atoms with Gasteiger partial charge >= 0.3 is 0 Å². The van der Waals surface area contributed by atoms with E-state index < -0.39 is 5.91 Å². The van der Waals surface area contributed by atoms with E-state index in [0.29, 0.717) is 5.56 Å². The minimum atomic E-state index is -0.403. The Balaban J connectivity index is 1.49. The Labute approximate surface area is 156 Å². The Morgan fingerprint density at radius 2 is 1.81 bits per heavy atom. The van der Waals surface area contributed by atoms with Crippen LogP contribution >= 0.6 is 0 Å². The number of carbonyl (C=O) groups excluding carboxylic acids is 2. The highest BCUT2D eigenvalue weighted by atomic mass is 16.2. The Morgan fingerprint density at radius 1 is 1.04 bits per heavy atom. The van der Waals surface area contributed by atoms with Gasteiger partial charge in [0, 0.05) is 11.3 Å². The quantitative estimate of drug-likeness (QED) is 0.599. The summed E-state index contributed by atoms with van der Waals surface area (Å²) in [5, 5.41) is 7.07. The average Bonchev–Trinajstić information content (AvgIpc) is 3.20. The standard InChI is InChI=1S/C19H20N6O2/c1-13-3-8-17(14(2)9-13)21-10-18(26)23-24-19(27)15-4-6-16(7-5-15)25-12-20-11-22-25/h3-9,11-12,21H,10H2,1-2H3,(H,23,26)(H,24,27). The number of hydrogen-bond acceptors (Lipinski definition) is 5. The van der Waals surface area contributed by atoms with E-state index in [-0.39, 0.29) is 12.5 Å². The van der Waals surface area contributed by atoms with E-state index in [1.165, 1.54) is 6.33 Å². The van der Waals surface area contributed by atoms with Gasteiger partial charge in [-0.05, 0) is 49.7 Å². The van der Waals surface area contributed by atoms with Gasteiger partial charge in [-0.3, -0.25) is 20.4 Å². The van der Waals surface area contributed by atoms with Crippen molar-refractivity contribution in [2.75, 3.05) is 11.9 Å². The number of anilines is 1.